The Kier molecular flexibility index (Phi) is 3.63. The molecule has 0 saturated carbocycles. The minimum absolute atomic E-state index is 0.534. The van der Waals surface area contributed by atoms with Gasteiger partial charge in [-0.25, -0.2) is 0 Å². The molecule has 0 aliphatic heterocycles. The Bertz CT molecular complexity index is 829. The number of methoxy groups -OCH3 is 1. The number of aryl methyl sites for hydroxylation is 1. The maximum Gasteiger partial charge on any atom is 0.135 e. The first kappa shape index (κ1) is 13.9. The Labute approximate surface area is 128 Å². The molecule has 0 bridgehead atoms. The molecule has 0 radical (unpaired) electrons. The van der Waals surface area contributed by atoms with Gasteiger partial charge in [0.25, 0.3) is 0 Å². The molecular formula is C18H14N2O2. The fraction of sp³-hybridized carbons (Fsp3) is 0.111. The smallest absolute Gasteiger partial charge is 0.135 e. The second-order valence-electron chi connectivity index (χ2n) is 4.83. The molecule has 2 aromatic heterocycles. The number of nitriles is 1. The largest absolute Gasteiger partial charge is 0.497 e. The zero-order chi connectivity index (χ0) is 15.5. The summed E-state index contributed by atoms with van der Waals surface area (Å²) in [4.78, 5) is 4.54. The van der Waals surface area contributed by atoms with Crippen LogP contribution >= 0.6 is 0 Å². The highest BCUT2D eigenvalue weighted by Crippen LogP contribution is 2.30. The number of rotatable bonds is 3. The van der Waals surface area contributed by atoms with Crippen LogP contribution in [0, 0.1) is 18.3 Å². The van der Waals surface area contributed by atoms with Crippen LogP contribution in [0.2, 0.25) is 0 Å². The van der Waals surface area contributed by atoms with Gasteiger partial charge in [0.2, 0.25) is 0 Å². The summed E-state index contributed by atoms with van der Waals surface area (Å²) in [6.07, 6.45) is 1.60. The fourth-order valence-corrected chi connectivity index (χ4v) is 2.35. The highest BCUT2D eigenvalue weighted by Gasteiger charge is 2.14. The summed E-state index contributed by atoms with van der Waals surface area (Å²) in [5.74, 6) is 1.46. The Morgan fingerprint density at radius 3 is 2.55 bits per heavy atom. The summed E-state index contributed by atoms with van der Waals surface area (Å²) in [5, 5.41) is 9.38. The van der Waals surface area contributed by atoms with Crippen LogP contribution in [0.1, 0.15) is 11.3 Å². The number of furan rings is 1. The molecule has 0 atom stereocenters. The lowest BCUT2D eigenvalue weighted by atomic mass is 10.0. The van der Waals surface area contributed by atoms with Crippen LogP contribution in [0.15, 0.2) is 53.1 Å². The topological polar surface area (TPSA) is 59.0 Å². The predicted octanol–water partition coefficient (Wildman–Crippen LogP) is 4.20. The highest BCUT2D eigenvalue weighted by molar-refractivity contribution is 5.74. The maximum absolute atomic E-state index is 9.38. The third-order valence-corrected chi connectivity index (χ3v) is 3.48. The molecular weight excluding hydrogens is 276 g/mol. The number of aromatic nitrogens is 1. The molecule has 0 aliphatic carbocycles. The normalized spacial score (nSPS) is 10.2. The van der Waals surface area contributed by atoms with Crippen molar-refractivity contribution >= 4 is 0 Å². The van der Waals surface area contributed by atoms with Gasteiger partial charge < -0.3 is 9.15 Å². The Balaban J connectivity index is 2.15. The van der Waals surface area contributed by atoms with Gasteiger partial charge in [-0.3, -0.25) is 4.98 Å². The standard InChI is InChI=1S/C18H14N2O2/c1-12-16(11-19)15(18-4-3-9-22-18)10-17(20-12)13-5-7-14(21-2)8-6-13/h3-10H,1-2H3. The number of ether oxygens (including phenoxy) is 1. The van der Waals surface area contributed by atoms with Gasteiger partial charge in [0.05, 0.1) is 30.3 Å². The van der Waals surface area contributed by atoms with E-state index in [-0.39, 0.29) is 0 Å². The fourth-order valence-electron chi connectivity index (χ4n) is 2.35. The van der Waals surface area contributed by atoms with Crippen LogP contribution in [-0.2, 0) is 0 Å². The summed E-state index contributed by atoms with van der Waals surface area (Å²) < 4.78 is 10.6. The molecule has 0 N–H and O–H groups in total. The molecule has 0 amide bonds. The number of benzene rings is 1. The molecule has 3 rings (SSSR count). The Hall–Kier alpha value is -3.06. The van der Waals surface area contributed by atoms with Gasteiger partial charge in [0, 0.05) is 11.1 Å². The molecule has 1 aromatic carbocycles. The van der Waals surface area contributed by atoms with E-state index in [4.69, 9.17) is 9.15 Å². The quantitative estimate of drug-likeness (QED) is 0.725. The van der Waals surface area contributed by atoms with E-state index in [0.29, 0.717) is 17.0 Å². The molecule has 0 spiro atoms. The van der Waals surface area contributed by atoms with E-state index in [0.717, 1.165) is 22.6 Å². The average molecular weight is 290 g/mol. The van der Waals surface area contributed by atoms with E-state index >= 15 is 0 Å². The van der Waals surface area contributed by atoms with Crippen molar-refractivity contribution in [2.75, 3.05) is 7.11 Å². The van der Waals surface area contributed by atoms with Crippen LogP contribution in [0.3, 0.4) is 0 Å². The summed E-state index contributed by atoms with van der Waals surface area (Å²) in [6.45, 7) is 1.83. The monoisotopic (exact) mass is 290 g/mol. The van der Waals surface area contributed by atoms with Crippen molar-refractivity contribution in [1.29, 1.82) is 5.26 Å². The van der Waals surface area contributed by atoms with Crippen molar-refractivity contribution in [3.05, 3.63) is 60.0 Å². The molecule has 22 heavy (non-hydrogen) atoms. The predicted molar refractivity (Wildman–Crippen MR) is 83.4 cm³/mol. The Morgan fingerprint density at radius 2 is 1.95 bits per heavy atom. The van der Waals surface area contributed by atoms with Gasteiger partial charge in [-0.2, -0.15) is 5.26 Å². The zero-order valence-electron chi connectivity index (χ0n) is 12.3. The molecule has 2 heterocycles. The number of hydrogen-bond donors (Lipinski definition) is 0. The first-order chi connectivity index (χ1) is 10.7. The van der Waals surface area contributed by atoms with Crippen LogP contribution in [0.5, 0.6) is 5.75 Å². The molecule has 4 heteroatoms. The van der Waals surface area contributed by atoms with Crippen molar-refractivity contribution in [2.24, 2.45) is 0 Å². The average Bonchev–Trinajstić information content (AvgIpc) is 3.08. The number of hydrogen-bond acceptors (Lipinski definition) is 4. The van der Waals surface area contributed by atoms with Gasteiger partial charge in [-0.15, -0.1) is 0 Å². The molecule has 3 aromatic rings. The first-order valence-corrected chi connectivity index (χ1v) is 6.83. The van der Waals surface area contributed by atoms with Gasteiger partial charge in [0.15, 0.2) is 0 Å². The van der Waals surface area contributed by atoms with Gasteiger partial charge >= 0.3 is 0 Å². The van der Waals surface area contributed by atoms with E-state index in [1.54, 1.807) is 19.4 Å². The van der Waals surface area contributed by atoms with Gasteiger partial charge in [-0.1, -0.05) is 0 Å². The first-order valence-electron chi connectivity index (χ1n) is 6.83. The van der Waals surface area contributed by atoms with E-state index < -0.39 is 0 Å². The van der Waals surface area contributed by atoms with Crippen LogP contribution in [-0.4, -0.2) is 12.1 Å². The molecule has 0 fully saturated rings. The molecule has 108 valence electrons. The highest BCUT2D eigenvalue weighted by atomic mass is 16.5. The third-order valence-electron chi connectivity index (χ3n) is 3.48. The van der Waals surface area contributed by atoms with Crippen molar-refractivity contribution in [2.45, 2.75) is 6.92 Å². The summed E-state index contributed by atoms with van der Waals surface area (Å²) in [7, 11) is 1.63. The van der Waals surface area contributed by atoms with Crippen molar-refractivity contribution < 1.29 is 9.15 Å². The van der Waals surface area contributed by atoms with Crippen LogP contribution < -0.4 is 4.74 Å². The third kappa shape index (κ3) is 2.45. The van der Waals surface area contributed by atoms with E-state index in [2.05, 4.69) is 11.1 Å². The minimum Gasteiger partial charge on any atom is -0.497 e. The summed E-state index contributed by atoms with van der Waals surface area (Å²) in [6, 6.07) is 15.4. The van der Waals surface area contributed by atoms with E-state index in [1.165, 1.54) is 0 Å². The second-order valence-corrected chi connectivity index (χ2v) is 4.83. The van der Waals surface area contributed by atoms with E-state index in [9.17, 15) is 5.26 Å². The SMILES string of the molecule is COc1ccc(-c2cc(-c3ccco3)c(C#N)c(C)n2)cc1. The zero-order valence-corrected chi connectivity index (χ0v) is 12.3. The van der Waals surface area contributed by atoms with Crippen molar-refractivity contribution in [3.63, 3.8) is 0 Å². The molecule has 0 aliphatic rings. The molecule has 0 saturated heterocycles. The van der Waals surface area contributed by atoms with E-state index in [1.807, 2.05) is 43.3 Å². The lowest BCUT2D eigenvalue weighted by Crippen LogP contribution is -1.95. The van der Waals surface area contributed by atoms with Crippen molar-refractivity contribution in [1.82, 2.24) is 4.98 Å². The number of nitrogens with zero attached hydrogens (tertiary/aromatic N) is 2. The summed E-state index contributed by atoms with van der Waals surface area (Å²) in [5.41, 5.74) is 3.73. The second kappa shape index (κ2) is 5.74. The van der Waals surface area contributed by atoms with Gasteiger partial charge in [0.1, 0.15) is 17.6 Å². The molecule has 4 nitrogen and oxygen atoms in total. The molecule has 0 unspecified atom stereocenters. The van der Waals surface area contributed by atoms with Crippen LogP contribution in [0.4, 0.5) is 0 Å². The van der Waals surface area contributed by atoms with Crippen molar-refractivity contribution in [3.8, 4) is 34.4 Å². The maximum atomic E-state index is 9.38. The van der Waals surface area contributed by atoms with Gasteiger partial charge in [-0.05, 0) is 49.4 Å². The number of pyridine rings is 1. The van der Waals surface area contributed by atoms with Crippen LogP contribution in [0.25, 0.3) is 22.6 Å². The summed E-state index contributed by atoms with van der Waals surface area (Å²) >= 11 is 0. The lowest BCUT2D eigenvalue weighted by molar-refractivity contribution is 0.415. The minimum atomic E-state index is 0.534. The lowest BCUT2D eigenvalue weighted by Gasteiger charge is -2.09. The Morgan fingerprint density at radius 1 is 1.18 bits per heavy atom.